The SMILES string of the molecule is NCCC[C@@H](N)c1csc([N+](=O)[O-])c1. The Bertz CT molecular complexity index is 313. The van der Waals surface area contributed by atoms with Crippen LogP contribution in [0.25, 0.3) is 0 Å². The molecule has 1 heterocycles. The van der Waals surface area contributed by atoms with Gasteiger partial charge in [-0.1, -0.05) is 11.3 Å². The Labute approximate surface area is 85.9 Å². The van der Waals surface area contributed by atoms with Gasteiger partial charge in [0.1, 0.15) is 0 Å². The summed E-state index contributed by atoms with van der Waals surface area (Å²) >= 11 is 1.11. The molecule has 1 aromatic rings. The van der Waals surface area contributed by atoms with E-state index in [9.17, 15) is 10.1 Å². The van der Waals surface area contributed by atoms with Crippen LogP contribution in [-0.2, 0) is 0 Å². The molecule has 4 N–H and O–H groups in total. The van der Waals surface area contributed by atoms with E-state index in [4.69, 9.17) is 11.5 Å². The third-order valence-electron chi connectivity index (χ3n) is 1.93. The molecule has 0 spiro atoms. The molecule has 0 saturated heterocycles. The van der Waals surface area contributed by atoms with Gasteiger partial charge in [0.2, 0.25) is 0 Å². The molecular weight excluding hydrogens is 202 g/mol. The normalized spacial score (nSPS) is 12.7. The predicted octanol–water partition coefficient (Wildman–Crippen LogP) is 1.40. The van der Waals surface area contributed by atoms with Crippen LogP contribution >= 0.6 is 11.3 Å². The highest BCUT2D eigenvalue weighted by Gasteiger charge is 2.13. The minimum atomic E-state index is -0.399. The number of nitrogens with zero attached hydrogens (tertiary/aromatic N) is 1. The molecular formula is C8H13N3O2S. The smallest absolute Gasteiger partial charge is 0.324 e. The van der Waals surface area contributed by atoms with Crippen molar-refractivity contribution in [1.29, 1.82) is 0 Å². The van der Waals surface area contributed by atoms with E-state index in [-0.39, 0.29) is 11.0 Å². The van der Waals surface area contributed by atoms with Gasteiger partial charge in [-0.2, -0.15) is 0 Å². The zero-order valence-electron chi connectivity index (χ0n) is 7.68. The molecule has 6 heteroatoms. The number of hydrogen-bond donors (Lipinski definition) is 2. The van der Waals surface area contributed by atoms with Crippen LogP contribution < -0.4 is 11.5 Å². The van der Waals surface area contributed by atoms with Gasteiger partial charge in [0.25, 0.3) is 0 Å². The molecule has 1 atom stereocenters. The highest BCUT2D eigenvalue weighted by Crippen LogP contribution is 2.27. The molecule has 78 valence electrons. The first-order chi connectivity index (χ1) is 6.65. The van der Waals surface area contributed by atoms with Crippen LogP contribution in [0.5, 0.6) is 0 Å². The summed E-state index contributed by atoms with van der Waals surface area (Å²) in [5.41, 5.74) is 12.0. The second kappa shape index (κ2) is 5.04. The molecule has 5 nitrogen and oxygen atoms in total. The molecule has 0 saturated carbocycles. The highest BCUT2D eigenvalue weighted by molar-refractivity contribution is 7.13. The minimum absolute atomic E-state index is 0.136. The van der Waals surface area contributed by atoms with Gasteiger partial charge in [0.05, 0.1) is 4.92 Å². The molecule has 0 aliphatic carbocycles. The summed E-state index contributed by atoms with van der Waals surface area (Å²) in [6.07, 6.45) is 1.61. The van der Waals surface area contributed by atoms with Crippen molar-refractivity contribution >= 4 is 16.3 Å². The van der Waals surface area contributed by atoms with Crippen molar-refractivity contribution in [3.63, 3.8) is 0 Å². The van der Waals surface area contributed by atoms with E-state index in [1.165, 1.54) is 6.07 Å². The number of hydrogen-bond acceptors (Lipinski definition) is 5. The molecule has 0 unspecified atom stereocenters. The highest BCUT2D eigenvalue weighted by atomic mass is 32.1. The van der Waals surface area contributed by atoms with Crippen LogP contribution in [0.3, 0.4) is 0 Å². The Morgan fingerprint density at radius 1 is 1.64 bits per heavy atom. The van der Waals surface area contributed by atoms with E-state index in [1.807, 2.05) is 0 Å². The average Bonchev–Trinajstić information content (AvgIpc) is 2.62. The van der Waals surface area contributed by atoms with Crippen molar-refractivity contribution in [2.24, 2.45) is 11.5 Å². The Hall–Kier alpha value is -0.980. The Morgan fingerprint density at radius 3 is 2.86 bits per heavy atom. The molecule has 0 fully saturated rings. The number of rotatable bonds is 5. The monoisotopic (exact) mass is 215 g/mol. The summed E-state index contributed by atoms with van der Waals surface area (Å²) in [5.74, 6) is 0. The van der Waals surface area contributed by atoms with Gasteiger partial charge in [0.15, 0.2) is 0 Å². The summed E-state index contributed by atoms with van der Waals surface area (Å²) in [7, 11) is 0. The lowest BCUT2D eigenvalue weighted by atomic mass is 10.1. The number of nitro groups is 1. The van der Waals surface area contributed by atoms with Crippen molar-refractivity contribution in [2.45, 2.75) is 18.9 Å². The van der Waals surface area contributed by atoms with Gasteiger partial charge >= 0.3 is 5.00 Å². The van der Waals surface area contributed by atoms with E-state index < -0.39 is 4.92 Å². The van der Waals surface area contributed by atoms with E-state index in [0.717, 1.165) is 29.7 Å². The maximum absolute atomic E-state index is 10.4. The second-order valence-corrected chi connectivity index (χ2v) is 3.90. The molecule has 0 amide bonds. The molecule has 0 bridgehead atoms. The summed E-state index contributed by atoms with van der Waals surface area (Å²) in [6, 6.07) is 1.40. The summed E-state index contributed by atoms with van der Waals surface area (Å²) in [6.45, 7) is 0.597. The van der Waals surface area contributed by atoms with E-state index in [1.54, 1.807) is 5.38 Å². The third-order valence-corrected chi connectivity index (χ3v) is 2.83. The van der Waals surface area contributed by atoms with Gasteiger partial charge in [0, 0.05) is 17.5 Å². The Kier molecular flexibility index (Phi) is 3.99. The average molecular weight is 215 g/mol. The van der Waals surface area contributed by atoms with Crippen molar-refractivity contribution in [3.05, 3.63) is 27.1 Å². The zero-order chi connectivity index (χ0) is 10.6. The van der Waals surface area contributed by atoms with E-state index >= 15 is 0 Å². The lowest BCUT2D eigenvalue weighted by molar-refractivity contribution is -0.380. The fourth-order valence-electron chi connectivity index (χ4n) is 1.13. The standard InChI is InChI=1S/C8H13N3O2S/c9-3-1-2-7(10)6-4-8(11(12)13)14-5-6/h4-5,7H,1-3,9-10H2/t7-/m1/s1. The van der Waals surface area contributed by atoms with Crippen LogP contribution in [0, 0.1) is 10.1 Å². The lowest BCUT2D eigenvalue weighted by Gasteiger charge is -2.07. The van der Waals surface area contributed by atoms with Crippen LogP contribution in [0.1, 0.15) is 24.4 Å². The van der Waals surface area contributed by atoms with Gasteiger partial charge in [-0.15, -0.1) is 0 Å². The first-order valence-electron chi connectivity index (χ1n) is 4.33. The van der Waals surface area contributed by atoms with E-state index in [2.05, 4.69) is 0 Å². The number of nitrogens with two attached hydrogens (primary N) is 2. The molecule has 0 radical (unpaired) electrons. The van der Waals surface area contributed by atoms with Crippen LogP contribution in [-0.4, -0.2) is 11.5 Å². The molecule has 0 aromatic carbocycles. The first-order valence-corrected chi connectivity index (χ1v) is 5.21. The molecule has 0 aliphatic rings. The molecule has 1 rings (SSSR count). The van der Waals surface area contributed by atoms with E-state index in [0.29, 0.717) is 6.54 Å². The van der Waals surface area contributed by atoms with Gasteiger partial charge in [-0.3, -0.25) is 10.1 Å². The largest absolute Gasteiger partial charge is 0.330 e. The maximum atomic E-state index is 10.4. The summed E-state index contributed by atoms with van der Waals surface area (Å²) < 4.78 is 0. The number of thiophene rings is 1. The Morgan fingerprint density at radius 2 is 2.36 bits per heavy atom. The van der Waals surface area contributed by atoms with Gasteiger partial charge in [-0.25, -0.2) is 0 Å². The summed E-state index contributed by atoms with van der Waals surface area (Å²) in [5, 5.41) is 12.3. The fraction of sp³-hybridized carbons (Fsp3) is 0.500. The maximum Gasteiger partial charge on any atom is 0.324 e. The molecule has 14 heavy (non-hydrogen) atoms. The molecule has 0 aliphatic heterocycles. The third kappa shape index (κ3) is 2.76. The quantitative estimate of drug-likeness (QED) is 0.573. The first kappa shape index (κ1) is 11.1. The minimum Gasteiger partial charge on any atom is -0.330 e. The summed E-state index contributed by atoms with van der Waals surface area (Å²) in [4.78, 5) is 10.0. The van der Waals surface area contributed by atoms with Crippen LogP contribution in [0.4, 0.5) is 5.00 Å². The molecule has 1 aromatic heterocycles. The topological polar surface area (TPSA) is 95.2 Å². The van der Waals surface area contributed by atoms with Crippen molar-refractivity contribution in [2.75, 3.05) is 6.54 Å². The fourth-order valence-corrected chi connectivity index (χ4v) is 1.92. The van der Waals surface area contributed by atoms with Crippen LogP contribution in [0.15, 0.2) is 11.4 Å². The Balaban J connectivity index is 2.61. The van der Waals surface area contributed by atoms with Crippen LogP contribution in [0.2, 0.25) is 0 Å². The second-order valence-electron chi connectivity index (χ2n) is 3.01. The predicted molar refractivity (Wildman–Crippen MR) is 56.2 cm³/mol. The van der Waals surface area contributed by atoms with Gasteiger partial charge < -0.3 is 11.5 Å². The zero-order valence-corrected chi connectivity index (χ0v) is 8.50. The van der Waals surface area contributed by atoms with Crippen molar-refractivity contribution < 1.29 is 4.92 Å². The lowest BCUT2D eigenvalue weighted by Crippen LogP contribution is -2.11. The van der Waals surface area contributed by atoms with Crippen molar-refractivity contribution in [1.82, 2.24) is 0 Å². The van der Waals surface area contributed by atoms with Crippen molar-refractivity contribution in [3.8, 4) is 0 Å². The van der Waals surface area contributed by atoms with Gasteiger partial charge in [-0.05, 0) is 24.9 Å².